The quantitative estimate of drug-likeness (QED) is 0.452. The van der Waals surface area contributed by atoms with E-state index in [0.29, 0.717) is 16.8 Å². The second kappa shape index (κ2) is 7.12. The molecule has 4 aromatic rings. The molecule has 0 saturated carbocycles. The molecule has 4 rings (SSSR count). The average molecular weight is 424 g/mol. The molecule has 2 heterocycles. The van der Waals surface area contributed by atoms with E-state index in [0.717, 1.165) is 34.1 Å². The second-order valence-electron chi connectivity index (χ2n) is 6.49. The molecular formula is C21H18BrN3O2. The molecule has 2 aromatic heterocycles. The lowest BCUT2D eigenvalue weighted by atomic mass is 10.1. The van der Waals surface area contributed by atoms with E-state index in [1.807, 2.05) is 55.6 Å². The first-order valence-electron chi connectivity index (χ1n) is 8.81. The molecule has 6 heteroatoms. The molecule has 0 radical (unpaired) electrons. The number of halogens is 1. The number of benzene rings is 2. The smallest absolute Gasteiger partial charge is 0.263 e. The maximum absolute atomic E-state index is 13.1. The largest absolute Gasteiger partial charge is 0.346 e. The molecular weight excluding hydrogens is 406 g/mol. The molecule has 0 bridgehead atoms. The maximum atomic E-state index is 13.1. The summed E-state index contributed by atoms with van der Waals surface area (Å²) in [5.41, 5.74) is 3.11. The van der Waals surface area contributed by atoms with E-state index in [9.17, 15) is 4.79 Å². The van der Waals surface area contributed by atoms with Gasteiger partial charge in [0.05, 0.1) is 5.52 Å². The molecule has 0 atom stereocenters. The number of fused-ring (bicyclic) bond motifs is 1. The second-order valence-corrected chi connectivity index (χ2v) is 7.34. The van der Waals surface area contributed by atoms with Crippen LogP contribution in [-0.2, 0) is 6.54 Å². The first-order chi connectivity index (χ1) is 13.1. The summed E-state index contributed by atoms with van der Waals surface area (Å²) in [4.78, 5) is 17.6. The predicted molar refractivity (Wildman–Crippen MR) is 110 cm³/mol. The number of pyridine rings is 1. The van der Waals surface area contributed by atoms with Gasteiger partial charge < -0.3 is 9.09 Å². The molecule has 0 spiro atoms. The molecule has 0 aliphatic carbocycles. The van der Waals surface area contributed by atoms with E-state index in [2.05, 4.69) is 37.6 Å². The molecule has 136 valence electrons. The highest BCUT2D eigenvalue weighted by atomic mass is 79.9. The van der Waals surface area contributed by atoms with Crippen molar-refractivity contribution in [2.45, 2.75) is 26.8 Å². The number of rotatable bonds is 4. The van der Waals surface area contributed by atoms with Crippen molar-refractivity contribution in [1.29, 1.82) is 0 Å². The van der Waals surface area contributed by atoms with Crippen LogP contribution in [0.4, 0.5) is 0 Å². The van der Waals surface area contributed by atoms with Crippen molar-refractivity contribution < 1.29 is 4.52 Å². The van der Waals surface area contributed by atoms with Crippen molar-refractivity contribution in [2.24, 2.45) is 0 Å². The Balaban J connectivity index is 1.91. The number of aromatic nitrogens is 3. The number of hydrogen-bond donors (Lipinski definition) is 0. The van der Waals surface area contributed by atoms with E-state index < -0.39 is 0 Å². The van der Waals surface area contributed by atoms with Crippen molar-refractivity contribution in [3.63, 3.8) is 0 Å². The summed E-state index contributed by atoms with van der Waals surface area (Å²) < 4.78 is 8.41. The normalized spacial score (nSPS) is 11.2. The Hall–Kier alpha value is -2.73. The summed E-state index contributed by atoms with van der Waals surface area (Å²) in [6, 6.07) is 13.6. The van der Waals surface area contributed by atoms with Gasteiger partial charge >= 0.3 is 0 Å². The summed E-state index contributed by atoms with van der Waals surface area (Å²) in [5, 5.41) is 4.74. The summed E-state index contributed by atoms with van der Waals surface area (Å²) >= 11 is 3.50. The van der Waals surface area contributed by atoms with Crippen molar-refractivity contribution in [3.8, 4) is 22.8 Å². The van der Waals surface area contributed by atoms with Crippen LogP contribution in [0.15, 0.2) is 62.5 Å². The Morgan fingerprint density at radius 3 is 2.74 bits per heavy atom. The molecule has 27 heavy (non-hydrogen) atoms. The molecule has 0 fully saturated rings. The van der Waals surface area contributed by atoms with Gasteiger partial charge in [-0.1, -0.05) is 51.8 Å². The molecule has 0 amide bonds. The van der Waals surface area contributed by atoms with Gasteiger partial charge in [-0.2, -0.15) is 4.98 Å². The van der Waals surface area contributed by atoms with E-state index in [-0.39, 0.29) is 11.3 Å². The number of aryl methyl sites for hydroxylation is 2. The van der Waals surface area contributed by atoms with Gasteiger partial charge in [-0.15, -0.1) is 0 Å². The van der Waals surface area contributed by atoms with Crippen LogP contribution in [0.2, 0.25) is 0 Å². The van der Waals surface area contributed by atoms with Gasteiger partial charge in [0.2, 0.25) is 11.3 Å². The average Bonchev–Trinajstić information content (AvgIpc) is 3.14. The first-order valence-corrected chi connectivity index (χ1v) is 9.60. The van der Waals surface area contributed by atoms with E-state index in [1.165, 1.54) is 0 Å². The monoisotopic (exact) mass is 423 g/mol. The van der Waals surface area contributed by atoms with Crippen LogP contribution in [0.1, 0.15) is 18.9 Å². The highest BCUT2D eigenvalue weighted by molar-refractivity contribution is 9.10. The fourth-order valence-corrected chi connectivity index (χ4v) is 3.64. The minimum Gasteiger partial charge on any atom is -0.346 e. The molecule has 0 aliphatic rings. The number of nitrogens with zero attached hydrogens (tertiary/aromatic N) is 3. The van der Waals surface area contributed by atoms with Crippen LogP contribution in [0.5, 0.6) is 0 Å². The Morgan fingerprint density at radius 1 is 1.15 bits per heavy atom. The zero-order chi connectivity index (χ0) is 19.0. The fourth-order valence-electron chi connectivity index (χ4n) is 3.17. The van der Waals surface area contributed by atoms with Crippen LogP contribution >= 0.6 is 15.9 Å². The third-order valence-electron chi connectivity index (χ3n) is 4.47. The minimum atomic E-state index is -0.0941. The first kappa shape index (κ1) is 17.7. The molecule has 5 nitrogen and oxygen atoms in total. The molecule has 0 unspecified atom stereocenters. The summed E-state index contributed by atoms with van der Waals surface area (Å²) in [6.07, 6.45) is 2.78. The van der Waals surface area contributed by atoms with E-state index in [1.54, 1.807) is 0 Å². The van der Waals surface area contributed by atoms with E-state index >= 15 is 0 Å². The van der Waals surface area contributed by atoms with E-state index in [4.69, 9.17) is 4.52 Å². The predicted octanol–water partition coefficient (Wildman–Crippen LogP) is 5.20. The summed E-state index contributed by atoms with van der Waals surface area (Å²) in [7, 11) is 0. The van der Waals surface area contributed by atoms with Gasteiger partial charge in [0.1, 0.15) is 5.56 Å². The van der Waals surface area contributed by atoms with Crippen molar-refractivity contribution in [1.82, 2.24) is 14.7 Å². The molecule has 0 aliphatic heterocycles. The van der Waals surface area contributed by atoms with Crippen molar-refractivity contribution in [2.75, 3.05) is 0 Å². The molecule has 0 saturated heterocycles. The highest BCUT2D eigenvalue weighted by Crippen LogP contribution is 2.28. The summed E-state index contributed by atoms with van der Waals surface area (Å²) in [6.45, 7) is 4.89. The van der Waals surface area contributed by atoms with Gasteiger partial charge in [-0.3, -0.25) is 4.79 Å². The Bertz CT molecular complexity index is 1190. The fraction of sp³-hybridized carbons (Fsp3) is 0.190. The minimum absolute atomic E-state index is 0.0941. The van der Waals surface area contributed by atoms with Gasteiger partial charge in [0.25, 0.3) is 5.89 Å². The lowest BCUT2D eigenvalue weighted by Gasteiger charge is -2.11. The lowest BCUT2D eigenvalue weighted by Crippen LogP contribution is -2.12. The van der Waals surface area contributed by atoms with Crippen LogP contribution in [0, 0.1) is 6.92 Å². The van der Waals surface area contributed by atoms with Gasteiger partial charge in [-0.25, -0.2) is 0 Å². The van der Waals surface area contributed by atoms with Crippen molar-refractivity contribution in [3.05, 3.63) is 68.9 Å². The molecule has 2 aromatic carbocycles. The van der Waals surface area contributed by atoms with Gasteiger partial charge in [-0.05, 0) is 37.6 Å². The van der Waals surface area contributed by atoms with Crippen LogP contribution < -0.4 is 5.43 Å². The zero-order valence-corrected chi connectivity index (χ0v) is 16.7. The SMILES string of the molecule is CCCn1cc(-c2nc(-c3ccccc3Br)no2)c(=O)c2cc(C)ccc21. The maximum Gasteiger partial charge on any atom is 0.263 e. The highest BCUT2D eigenvalue weighted by Gasteiger charge is 2.18. The van der Waals surface area contributed by atoms with Crippen LogP contribution in [0.25, 0.3) is 33.7 Å². The standard InChI is InChI=1S/C21H18BrN3O2/c1-3-10-25-12-16(19(26)15-11-13(2)8-9-18(15)25)21-23-20(24-27-21)14-6-4-5-7-17(14)22/h4-9,11-12H,3,10H2,1-2H3. The number of hydrogen-bond acceptors (Lipinski definition) is 4. The van der Waals surface area contributed by atoms with Crippen molar-refractivity contribution >= 4 is 26.8 Å². The van der Waals surface area contributed by atoms with Gasteiger partial charge in [0, 0.05) is 28.2 Å². The third-order valence-corrected chi connectivity index (χ3v) is 5.16. The third kappa shape index (κ3) is 3.21. The lowest BCUT2D eigenvalue weighted by molar-refractivity contribution is 0.431. The topological polar surface area (TPSA) is 60.9 Å². The van der Waals surface area contributed by atoms with Crippen LogP contribution in [-0.4, -0.2) is 14.7 Å². The summed E-state index contributed by atoms with van der Waals surface area (Å²) in [5.74, 6) is 0.683. The van der Waals surface area contributed by atoms with Gasteiger partial charge in [0.15, 0.2) is 0 Å². The molecule has 0 N–H and O–H groups in total. The Morgan fingerprint density at radius 2 is 1.96 bits per heavy atom. The van der Waals surface area contributed by atoms with Crippen LogP contribution in [0.3, 0.4) is 0 Å². The Kier molecular flexibility index (Phi) is 4.66. The Labute approximate surface area is 164 Å². The zero-order valence-electron chi connectivity index (χ0n) is 15.1.